The maximum absolute atomic E-state index is 12.6. The summed E-state index contributed by atoms with van der Waals surface area (Å²) in [6, 6.07) is 7.73. The molecule has 3 rings (SSSR count). The van der Waals surface area contributed by atoms with Gasteiger partial charge in [-0.3, -0.25) is 4.79 Å². The van der Waals surface area contributed by atoms with Crippen molar-refractivity contribution in [1.82, 2.24) is 4.90 Å². The molecule has 0 spiro atoms. The van der Waals surface area contributed by atoms with E-state index < -0.39 is 9.84 Å². The molecule has 1 amide bonds. The van der Waals surface area contributed by atoms with Gasteiger partial charge in [-0.05, 0) is 47.9 Å². The van der Waals surface area contributed by atoms with Crippen molar-refractivity contribution in [1.29, 1.82) is 0 Å². The minimum atomic E-state index is -2.90. The molecule has 0 N–H and O–H groups in total. The molecule has 1 aliphatic heterocycles. The van der Waals surface area contributed by atoms with E-state index in [-0.39, 0.29) is 23.5 Å². The van der Waals surface area contributed by atoms with E-state index in [2.05, 4.69) is 0 Å². The molecule has 0 radical (unpaired) electrons. The number of nitrogens with zero attached hydrogens (tertiary/aromatic N) is 1. The second-order valence-electron chi connectivity index (χ2n) is 5.47. The molecule has 0 atom stereocenters. The summed E-state index contributed by atoms with van der Waals surface area (Å²) in [4.78, 5) is 14.2. The lowest BCUT2D eigenvalue weighted by atomic mass is 10.1. The van der Waals surface area contributed by atoms with Crippen LogP contribution in [0.15, 0.2) is 29.6 Å². The topological polar surface area (TPSA) is 54.5 Å². The van der Waals surface area contributed by atoms with Gasteiger partial charge in [0.1, 0.15) is 9.84 Å². The van der Waals surface area contributed by atoms with E-state index >= 15 is 0 Å². The number of carbonyl (C=O) groups excluding carboxylic acids is 1. The van der Waals surface area contributed by atoms with Gasteiger partial charge in [0.2, 0.25) is 0 Å². The molecule has 1 aliphatic rings. The van der Waals surface area contributed by atoms with E-state index in [4.69, 9.17) is 0 Å². The Balaban J connectivity index is 1.77. The van der Waals surface area contributed by atoms with Crippen molar-refractivity contribution in [3.8, 4) is 0 Å². The van der Waals surface area contributed by atoms with E-state index in [1.54, 1.807) is 23.3 Å². The SMILES string of the molecule is CN(C(=O)c1ccc2sccc2c1)C1CCS(=O)(=O)CC1. The van der Waals surface area contributed by atoms with Gasteiger partial charge in [0.25, 0.3) is 5.91 Å². The smallest absolute Gasteiger partial charge is 0.253 e. The molecule has 1 aromatic carbocycles. The number of benzene rings is 1. The van der Waals surface area contributed by atoms with Gasteiger partial charge in [-0.15, -0.1) is 11.3 Å². The summed E-state index contributed by atoms with van der Waals surface area (Å²) in [5, 5.41) is 3.08. The van der Waals surface area contributed by atoms with Crippen molar-refractivity contribution in [3.05, 3.63) is 35.2 Å². The quantitative estimate of drug-likeness (QED) is 0.853. The molecule has 0 saturated carbocycles. The Kier molecular flexibility index (Phi) is 3.75. The molecule has 1 saturated heterocycles. The summed E-state index contributed by atoms with van der Waals surface area (Å²) in [5.41, 5.74) is 0.664. The maximum atomic E-state index is 12.6. The second kappa shape index (κ2) is 5.42. The van der Waals surface area contributed by atoms with Gasteiger partial charge in [0.15, 0.2) is 0 Å². The summed E-state index contributed by atoms with van der Waals surface area (Å²) in [5.74, 6) is 0.324. The van der Waals surface area contributed by atoms with Crippen molar-refractivity contribution < 1.29 is 13.2 Å². The van der Waals surface area contributed by atoms with Crippen LogP contribution in [0.5, 0.6) is 0 Å². The second-order valence-corrected chi connectivity index (χ2v) is 8.72. The number of fused-ring (bicyclic) bond motifs is 1. The van der Waals surface area contributed by atoms with E-state index in [0.29, 0.717) is 18.4 Å². The molecule has 1 fully saturated rings. The molecule has 112 valence electrons. The van der Waals surface area contributed by atoms with Gasteiger partial charge in [0.05, 0.1) is 11.5 Å². The van der Waals surface area contributed by atoms with Crippen molar-refractivity contribution in [3.63, 3.8) is 0 Å². The number of hydrogen-bond donors (Lipinski definition) is 0. The van der Waals surface area contributed by atoms with Crippen molar-refractivity contribution in [2.24, 2.45) is 0 Å². The molecular formula is C15H17NO3S2. The zero-order chi connectivity index (χ0) is 15.0. The molecular weight excluding hydrogens is 306 g/mol. The molecule has 0 unspecified atom stereocenters. The Bertz CT molecular complexity index is 765. The molecule has 1 aromatic heterocycles. The monoisotopic (exact) mass is 323 g/mol. The van der Waals surface area contributed by atoms with Crippen molar-refractivity contribution in [2.45, 2.75) is 18.9 Å². The number of hydrogen-bond acceptors (Lipinski definition) is 4. The average Bonchev–Trinajstić information content (AvgIpc) is 2.93. The van der Waals surface area contributed by atoms with Gasteiger partial charge in [-0.1, -0.05) is 0 Å². The molecule has 0 bridgehead atoms. The number of carbonyl (C=O) groups is 1. The maximum Gasteiger partial charge on any atom is 0.253 e. The molecule has 6 heteroatoms. The standard InChI is InChI=1S/C15H17NO3S2/c1-16(13-5-8-21(18,19)9-6-13)15(17)12-2-3-14-11(10-12)4-7-20-14/h2-4,7,10,13H,5-6,8-9H2,1H3. The van der Waals surface area contributed by atoms with E-state index in [9.17, 15) is 13.2 Å². The van der Waals surface area contributed by atoms with Gasteiger partial charge in [-0.25, -0.2) is 8.42 Å². The zero-order valence-corrected chi connectivity index (χ0v) is 13.4. The first-order chi connectivity index (χ1) is 9.96. The largest absolute Gasteiger partial charge is 0.339 e. The Hall–Kier alpha value is -1.40. The normalized spacial score (nSPS) is 18.7. The van der Waals surface area contributed by atoms with Crippen LogP contribution in [0.4, 0.5) is 0 Å². The first-order valence-corrected chi connectivity index (χ1v) is 9.61. The first kappa shape index (κ1) is 14.5. The highest BCUT2D eigenvalue weighted by Gasteiger charge is 2.28. The van der Waals surface area contributed by atoms with Gasteiger partial charge >= 0.3 is 0 Å². The molecule has 2 heterocycles. The summed E-state index contributed by atoms with van der Waals surface area (Å²) in [7, 11) is -1.13. The van der Waals surface area contributed by atoms with E-state index in [1.165, 1.54) is 0 Å². The van der Waals surface area contributed by atoms with Gasteiger partial charge < -0.3 is 4.90 Å². The third-order valence-electron chi connectivity index (χ3n) is 4.09. The highest BCUT2D eigenvalue weighted by atomic mass is 32.2. The Labute approximate surface area is 128 Å². The summed E-state index contributed by atoms with van der Waals surface area (Å²) in [6.07, 6.45) is 1.07. The highest BCUT2D eigenvalue weighted by molar-refractivity contribution is 7.91. The number of rotatable bonds is 2. The van der Waals surface area contributed by atoms with Crippen LogP contribution in [0.1, 0.15) is 23.2 Å². The van der Waals surface area contributed by atoms with Crippen LogP contribution in [0.3, 0.4) is 0 Å². The molecule has 2 aromatic rings. The summed E-state index contributed by atoms with van der Waals surface area (Å²) in [6.45, 7) is 0. The van der Waals surface area contributed by atoms with Crippen LogP contribution in [0.25, 0.3) is 10.1 Å². The fourth-order valence-corrected chi connectivity index (χ4v) is 4.97. The zero-order valence-electron chi connectivity index (χ0n) is 11.8. The minimum absolute atomic E-state index is 0.0131. The third kappa shape index (κ3) is 2.96. The Morgan fingerprint density at radius 3 is 2.67 bits per heavy atom. The third-order valence-corrected chi connectivity index (χ3v) is 6.70. The predicted octanol–water partition coefficient (Wildman–Crippen LogP) is 2.55. The average molecular weight is 323 g/mol. The van der Waals surface area contributed by atoms with Crippen molar-refractivity contribution in [2.75, 3.05) is 18.6 Å². The number of sulfone groups is 1. The summed E-state index contributed by atoms with van der Waals surface area (Å²) < 4.78 is 24.1. The fraction of sp³-hybridized carbons (Fsp3) is 0.400. The highest BCUT2D eigenvalue weighted by Crippen LogP contribution is 2.24. The van der Waals surface area contributed by atoms with Crippen LogP contribution in [-0.2, 0) is 9.84 Å². The van der Waals surface area contributed by atoms with Gasteiger partial charge in [-0.2, -0.15) is 0 Å². The lowest BCUT2D eigenvalue weighted by molar-refractivity contribution is 0.0722. The lowest BCUT2D eigenvalue weighted by Crippen LogP contribution is -2.42. The number of amides is 1. The van der Waals surface area contributed by atoms with Crippen LogP contribution >= 0.6 is 11.3 Å². The Morgan fingerprint density at radius 1 is 1.24 bits per heavy atom. The van der Waals surface area contributed by atoms with Crippen LogP contribution < -0.4 is 0 Å². The van der Waals surface area contributed by atoms with Crippen LogP contribution in [0.2, 0.25) is 0 Å². The fourth-order valence-electron chi connectivity index (χ4n) is 2.73. The van der Waals surface area contributed by atoms with Crippen LogP contribution in [0, 0.1) is 0 Å². The lowest BCUT2D eigenvalue weighted by Gasteiger charge is -2.31. The van der Waals surface area contributed by atoms with E-state index in [0.717, 1.165) is 10.1 Å². The first-order valence-electron chi connectivity index (χ1n) is 6.91. The van der Waals surface area contributed by atoms with E-state index in [1.807, 2.05) is 29.6 Å². The predicted molar refractivity (Wildman–Crippen MR) is 85.6 cm³/mol. The van der Waals surface area contributed by atoms with Gasteiger partial charge in [0, 0.05) is 23.4 Å². The van der Waals surface area contributed by atoms with Crippen LogP contribution in [-0.4, -0.2) is 43.8 Å². The number of thiophene rings is 1. The Morgan fingerprint density at radius 2 is 1.95 bits per heavy atom. The molecule has 0 aliphatic carbocycles. The molecule has 21 heavy (non-hydrogen) atoms. The molecule has 4 nitrogen and oxygen atoms in total. The minimum Gasteiger partial charge on any atom is -0.339 e. The van der Waals surface area contributed by atoms with Crippen molar-refractivity contribution >= 4 is 37.2 Å². The summed E-state index contributed by atoms with van der Waals surface area (Å²) >= 11 is 1.65.